The maximum atomic E-state index is 13.0. The highest BCUT2D eigenvalue weighted by Crippen LogP contribution is 2.45. The van der Waals surface area contributed by atoms with E-state index in [1.165, 1.54) is 7.11 Å². The van der Waals surface area contributed by atoms with E-state index in [0.29, 0.717) is 16.3 Å². The van der Waals surface area contributed by atoms with E-state index in [0.717, 1.165) is 5.01 Å². The number of hydrogen-bond acceptors (Lipinski definition) is 6. The second-order valence-electron chi connectivity index (χ2n) is 6.74. The van der Waals surface area contributed by atoms with Gasteiger partial charge in [0.25, 0.3) is 5.91 Å². The summed E-state index contributed by atoms with van der Waals surface area (Å²) in [5, 5.41) is 1.75. The van der Waals surface area contributed by atoms with Crippen LogP contribution in [0.15, 0.2) is 24.3 Å². The number of nitrogens with zero attached hydrogens (tertiary/aromatic N) is 2. The van der Waals surface area contributed by atoms with Gasteiger partial charge in [0, 0.05) is 0 Å². The van der Waals surface area contributed by atoms with E-state index in [1.807, 2.05) is 0 Å². The molecule has 3 amide bonds. The number of rotatable bonds is 5. The molecule has 8 nitrogen and oxygen atoms in total. The minimum absolute atomic E-state index is 0.261. The average Bonchev–Trinajstić information content (AvgIpc) is 2.59. The van der Waals surface area contributed by atoms with E-state index < -0.39 is 35.8 Å². The third-order valence-corrected chi connectivity index (χ3v) is 4.21. The van der Waals surface area contributed by atoms with Crippen molar-refractivity contribution in [3.8, 4) is 5.75 Å². The molecule has 2 rings (SSSR count). The second kappa shape index (κ2) is 7.85. The van der Waals surface area contributed by atoms with Gasteiger partial charge in [0.1, 0.15) is 5.75 Å². The van der Waals surface area contributed by atoms with Gasteiger partial charge < -0.3 is 14.2 Å². The summed E-state index contributed by atoms with van der Waals surface area (Å²) in [7, 11) is 1.54. The Hall–Kier alpha value is -2.77. The van der Waals surface area contributed by atoms with E-state index in [2.05, 4.69) is 0 Å². The summed E-state index contributed by atoms with van der Waals surface area (Å²) < 4.78 is 15.5. The Morgan fingerprint density at radius 3 is 1.96 bits per heavy atom. The van der Waals surface area contributed by atoms with Crippen LogP contribution in [-0.4, -0.2) is 47.4 Å². The molecule has 148 valence electrons. The number of imide groups is 1. The van der Waals surface area contributed by atoms with Gasteiger partial charge in [0.15, 0.2) is 5.54 Å². The zero-order valence-corrected chi connectivity index (χ0v) is 16.5. The summed E-state index contributed by atoms with van der Waals surface area (Å²) >= 11 is 0. The molecule has 1 atom stereocenters. The Balaban J connectivity index is 2.48. The highest BCUT2D eigenvalue weighted by atomic mass is 16.6. The van der Waals surface area contributed by atoms with Crippen LogP contribution in [0.3, 0.4) is 0 Å². The Morgan fingerprint density at radius 2 is 1.52 bits per heavy atom. The number of carbonyl (C=O) groups excluding carboxylic acids is 3. The largest absolute Gasteiger partial charge is 0.497 e. The lowest BCUT2D eigenvalue weighted by Gasteiger charge is -2.54. The number of hydrogen-bond donors (Lipinski definition) is 0. The van der Waals surface area contributed by atoms with Crippen molar-refractivity contribution in [3.63, 3.8) is 0 Å². The van der Waals surface area contributed by atoms with Crippen molar-refractivity contribution in [2.24, 2.45) is 0 Å². The summed E-state index contributed by atoms with van der Waals surface area (Å²) in [6, 6.07) is 6.78. The highest BCUT2D eigenvalue weighted by Gasteiger charge is 2.65. The summed E-state index contributed by atoms with van der Waals surface area (Å²) in [5.41, 5.74) is -0.779. The number of amides is 3. The van der Waals surface area contributed by atoms with Crippen LogP contribution in [0.25, 0.3) is 0 Å². The predicted octanol–water partition coefficient (Wildman–Crippen LogP) is 3.45. The number of carbonyl (C=O) groups is 3. The van der Waals surface area contributed by atoms with Crippen molar-refractivity contribution in [1.82, 2.24) is 10.0 Å². The average molecular weight is 378 g/mol. The molecule has 1 aliphatic rings. The zero-order valence-electron chi connectivity index (χ0n) is 16.5. The quantitative estimate of drug-likeness (QED) is 0.780. The van der Waals surface area contributed by atoms with Crippen LogP contribution in [0.1, 0.15) is 46.6 Å². The molecule has 1 aromatic rings. The van der Waals surface area contributed by atoms with Crippen molar-refractivity contribution in [1.29, 1.82) is 0 Å². The molecule has 1 saturated heterocycles. The fourth-order valence-electron chi connectivity index (χ4n) is 3.01. The topological polar surface area (TPSA) is 85.4 Å². The van der Waals surface area contributed by atoms with Crippen molar-refractivity contribution in [2.75, 3.05) is 7.11 Å². The van der Waals surface area contributed by atoms with Crippen LogP contribution < -0.4 is 4.74 Å². The van der Waals surface area contributed by atoms with Gasteiger partial charge in [-0.25, -0.2) is 9.59 Å². The Kier molecular flexibility index (Phi) is 5.98. The molecule has 0 aliphatic carbocycles. The van der Waals surface area contributed by atoms with E-state index in [-0.39, 0.29) is 6.42 Å². The number of hydrazine groups is 1. The first-order valence-electron chi connectivity index (χ1n) is 8.89. The molecule has 1 heterocycles. The van der Waals surface area contributed by atoms with Gasteiger partial charge in [-0.2, -0.15) is 5.01 Å². The molecule has 0 aromatic heterocycles. The van der Waals surface area contributed by atoms with Gasteiger partial charge in [-0.15, -0.1) is 5.01 Å². The first kappa shape index (κ1) is 20.5. The maximum absolute atomic E-state index is 13.0. The lowest BCUT2D eigenvalue weighted by atomic mass is 9.81. The molecule has 0 radical (unpaired) electrons. The van der Waals surface area contributed by atoms with Gasteiger partial charge in [-0.1, -0.05) is 19.1 Å². The Morgan fingerprint density at radius 1 is 1.00 bits per heavy atom. The fourth-order valence-corrected chi connectivity index (χ4v) is 3.01. The molecular formula is C19H26N2O6. The third kappa shape index (κ3) is 3.56. The second-order valence-corrected chi connectivity index (χ2v) is 6.74. The monoisotopic (exact) mass is 378 g/mol. The van der Waals surface area contributed by atoms with Crippen molar-refractivity contribution >= 4 is 18.1 Å². The summed E-state index contributed by atoms with van der Waals surface area (Å²) in [5.74, 6) is 0.0747. The molecule has 1 aromatic carbocycles. The van der Waals surface area contributed by atoms with Gasteiger partial charge in [0.05, 0.1) is 19.3 Å². The van der Waals surface area contributed by atoms with Gasteiger partial charge in [0.2, 0.25) is 0 Å². The van der Waals surface area contributed by atoms with Crippen LogP contribution in [0.5, 0.6) is 5.75 Å². The number of methoxy groups -OCH3 is 1. The standard InChI is InChI=1S/C19H26N2O6/c1-7-19(14-8-10-15(25-6)11-9-14)16(22)20(17(23)26-12(2)3)21(19)18(24)27-13(4)5/h8-13H,7H2,1-6H3/t19-/m0/s1. The molecular weight excluding hydrogens is 352 g/mol. The molecule has 0 unspecified atom stereocenters. The fraction of sp³-hybridized carbons (Fsp3) is 0.526. The minimum atomic E-state index is -1.34. The van der Waals surface area contributed by atoms with Gasteiger partial charge in [-0.05, 0) is 51.8 Å². The third-order valence-electron chi connectivity index (χ3n) is 4.21. The number of ether oxygens (including phenoxy) is 3. The lowest BCUT2D eigenvalue weighted by Crippen LogP contribution is -2.78. The van der Waals surface area contributed by atoms with E-state index in [1.54, 1.807) is 58.9 Å². The van der Waals surface area contributed by atoms with Gasteiger partial charge >= 0.3 is 12.2 Å². The zero-order chi connectivity index (χ0) is 20.4. The smallest absolute Gasteiger partial charge is 0.436 e. The lowest BCUT2D eigenvalue weighted by molar-refractivity contribution is -0.205. The van der Waals surface area contributed by atoms with Crippen molar-refractivity contribution < 1.29 is 28.6 Å². The first-order valence-corrected chi connectivity index (χ1v) is 8.89. The van der Waals surface area contributed by atoms with E-state index >= 15 is 0 Å². The molecule has 0 saturated carbocycles. The molecule has 0 bridgehead atoms. The molecule has 8 heteroatoms. The van der Waals surface area contributed by atoms with Crippen LogP contribution >= 0.6 is 0 Å². The normalized spacial score (nSPS) is 19.2. The summed E-state index contributed by atoms with van der Waals surface area (Å²) in [4.78, 5) is 38.2. The molecule has 1 fully saturated rings. The predicted molar refractivity (Wildman–Crippen MR) is 96.9 cm³/mol. The van der Waals surface area contributed by atoms with Crippen molar-refractivity contribution in [3.05, 3.63) is 29.8 Å². The molecule has 0 spiro atoms. The van der Waals surface area contributed by atoms with Crippen molar-refractivity contribution in [2.45, 2.75) is 58.8 Å². The van der Waals surface area contributed by atoms with Gasteiger partial charge in [-0.3, -0.25) is 4.79 Å². The summed E-state index contributed by atoms with van der Waals surface area (Å²) in [6.45, 7) is 8.47. The van der Waals surface area contributed by atoms with Crippen LogP contribution in [-0.2, 0) is 19.8 Å². The molecule has 27 heavy (non-hydrogen) atoms. The minimum Gasteiger partial charge on any atom is -0.497 e. The highest BCUT2D eigenvalue weighted by molar-refractivity contribution is 6.06. The molecule has 0 N–H and O–H groups in total. The van der Waals surface area contributed by atoms with E-state index in [9.17, 15) is 14.4 Å². The maximum Gasteiger partial charge on any atom is 0.436 e. The Bertz CT molecular complexity index is 715. The SMILES string of the molecule is CC[C@]1(c2ccc(OC)cc2)C(=O)N(C(=O)OC(C)C)N1C(=O)OC(C)C. The van der Waals surface area contributed by atoms with Crippen LogP contribution in [0.4, 0.5) is 9.59 Å². The van der Waals surface area contributed by atoms with Crippen LogP contribution in [0.2, 0.25) is 0 Å². The van der Waals surface area contributed by atoms with Crippen LogP contribution in [0, 0.1) is 0 Å². The number of benzene rings is 1. The first-order chi connectivity index (χ1) is 12.7. The molecule has 1 aliphatic heterocycles. The Labute approximate surface area is 158 Å². The van der Waals surface area contributed by atoms with E-state index in [4.69, 9.17) is 14.2 Å². The summed E-state index contributed by atoms with van der Waals surface area (Å²) in [6.07, 6.45) is -2.29.